The summed E-state index contributed by atoms with van der Waals surface area (Å²) in [5.74, 6) is -5.13. The van der Waals surface area contributed by atoms with Crippen LogP contribution in [0.3, 0.4) is 0 Å². The predicted molar refractivity (Wildman–Crippen MR) is 67.8 cm³/mol. The van der Waals surface area contributed by atoms with Gasteiger partial charge < -0.3 is 25.9 Å². The van der Waals surface area contributed by atoms with Gasteiger partial charge in [0.2, 0.25) is 7.37 Å². The zero-order valence-corrected chi connectivity index (χ0v) is 11.5. The lowest BCUT2D eigenvalue weighted by molar-refractivity contribution is -0.142. The molecule has 0 aromatic heterocycles. The maximum atomic E-state index is 11.8. The molecule has 1 unspecified atom stereocenters. The van der Waals surface area contributed by atoms with Crippen molar-refractivity contribution in [1.82, 2.24) is 0 Å². The monoisotopic (exact) mass is 311 g/mol. The standard InChI is InChI=1S/C10H18NO8P/c11-7(10(16)17)3-4-20(18,19)5-6(9(14)15)1-2-8(12)13/h6-7H,1-5,11H2,(H,12,13)(H,14,15)(H,16,17)(H,18,19)/t6-,7-/m0/s1. The third-order valence-electron chi connectivity index (χ3n) is 2.67. The molecule has 0 radical (unpaired) electrons. The molecule has 0 aliphatic heterocycles. The second-order valence-electron chi connectivity index (χ2n) is 4.45. The van der Waals surface area contributed by atoms with Crippen molar-refractivity contribution in [1.29, 1.82) is 0 Å². The molecule has 9 nitrogen and oxygen atoms in total. The average molecular weight is 311 g/mol. The molecule has 0 aliphatic rings. The molecule has 0 aromatic carbocycles. The molecule has 0 bridgehead atoms. The van der Waals surface area contributed by atoms with Crippen LogP contribution in [0.15, 0.2) is 0 Å². The van der Waals surface area contributed by atoms with Crippen molar-refractivity contribution >= 4 is 25.3 Å². The van der Waals surface area contributed by atoms with Crippen molar-refractivity contribution in [3.8, 4) is 0 Å². The summed E-state index contributed by atoms with van der Waals surface area (Å²) < 4.78 is 11.8. The Bertz CT molecular complexity index is 423. The number of hydrogen-bond donors (Lipinski definition) is 5. The number of aliphatic carboxylic acids is 3. The highest BCUT2D eigenvalue weighted by Crippen LogP contribution is 2.44. The minimum atomic E-state index is -3.87. The topological polar surface area (TPSA) is 175 Å². The van der Waals surface area contributed by atoms with E-state index in [2.05, 4.69) is 0 Å². The van der Waals surface area contributed by atoms with Crippen molar-refractivity contribution in [3.05, 3.63) is 0 Å². The minimum absolute atomic E-state index is 0.256. The highest BCUT2D eigenvalue weighted by atomic mass is 31.2. The van der Waals surface area contributed by atoms with Crippen LogP contribution in [-0.4, -0.2) is 56.5 Å². The van der Waals surface area contributed by atoms with E-state index in [-0.39, 0.29) is 12.8 Å². The highest BCUT2D eigenvalue weighted by molar-refractivity contribution is 7.58. The summed E-state index contributed by atoms with van der Waals surface area (Å²) in [4.78, 5) is 41.4. The van der Waals surface area contributed by atoms with E-state index in [4.69, 9.17) is 21.1 Å². The lowest BCUT2D eigenvalue weighted by Gasteiger charge is -2.17. The van der Waals surface area contributed by atoms with E-state index in [1.54, 1.807) is 0 Å². The summed E-state index contributed by atoms with van der Waals surface area (Å²) in [5.41, 5.74) is 5.19. The van der Waals surface area contributed by atoms with E-state index < -0.39 is 56.0 Å². The molecule has 116 valence electrons. The van der Waals surface area contributed by atoms with Crippen LogP contribution >= 0.6 is 7.37 Å². The molecular formula is C10H18NO8P. The van der Waals surface area contributed by atoms with Crippen LogP contribution in [0.4, 0.5) is 0 Å². The van der Waals surface area contributed by atoms with E-state index in [0.29, 0.717) is 0 Å². The maximum Gasteiger partial charge on any atom is 0.320 e. The largest absolute Gasteiger partial charge is 0.481 e. The van der Waals surface area contributed by atoms with Crippen molar-refractivity contribution in [2.24, 2.45) is 11.7 Å². The molecule has 0 saturated carbocycles. The Hall–Kier alpha value is -1.44. The molecule has 10 heteroatoms. The first-order valence-electron chi connectivity index (χ1n) is 5.79. The third-order valence-corrected chi connectivity index (χ3v) is 4.64. The van der Waals surface area contributed by atoms with Gasteiger partial charge in [0.05, 0.1) is 5.92 Å². The van der Waals surface area contributed by atoms with Gasteiger partial charge in [-0.05, 0) is 12.8 Å². The van der Waals surface area contributed by atoms with Gasteiger partial charge >= 0.3 is 17.9 Å². The second kappa shape index (κ2) is 7.98. The Balaban J connectivity index is 4.51. The summed E-state index contributed by atoms with van der Waals surface area (Å²) in [7, 11) is -3.87. The number of carboxylic acid groups (broad SMARTS) is 3. The summed E-state index contributed by atoms with van der Waals surface area (Å²) in [5, 5.41) is 25.9. The van der Waals surface area contributed by atoms with Crippen LogP contribution in [-0.2, 0) is 18.9 Å². The Morgan fingerprint density at radius 1 is 1.05 bits per heavy atom. The zero-order valence-electron chi connectivity index (χ0n) is 10.6. The molecule has 0 rings (SSSR count). The Labute approximate surface area is 114 Å². The van der Waals surface area contributed by atoms with Crippen molar-refractivity contribution in [2.75, 3.05) is 12.3 Å². The van der Waals surface area contributed by atoms with Crippen LogP contribution in [0.25, 0.3) is 0 Å². The molecule has 0 heterocycles. The fourth-order valence-electron chi connectivity index (χ4n) is 1.49. The van der Waals surface area contributed by atoms with Gasteiger partial charge in [-0.25, -0.2) is 0 Å². The number of rotatable bonds is 10. The Morgan fingerprint density at radius 3 is 2.00 bits per heavy atom. The van der Waals surface area contributed by atoms with Crippen LogP contribution in [0, 0.1) is 5.92 Å². The lowest BCUT2D eigenvalue weighted by Crippen LogP contribution is -2.31. The zero-order chi connectivity index (χ0) is 15.9. The summed E-state index contributed by atoms with van der Waals surface area (Å²) in [6, 6.07) is -1.29. The van der Waals surface area contributed by atoms with Gasteiger partial charge in [0.15, 0.2) is 0 Å². The number of nitrogens with two attached hydrogens (primary N) is 1. The fourth-order valence-corrected chi connectivity index (χ4v) is 3.38. The van der Waals surface area contributed by atoms with Gasteiger partial charge in [0.1, 0.15) is 6.04 Å². The molecule has 0 fully saturated rings. The van der Waals surface area contributed by atoms with Crippen LogP contribution in [0.2, 0.25) is 0 Å². The van der Waals surface area contributed by atoms with E-state index in [1.165, 1.54) is 0 Å². The van der Waals surface area contributed by atoms with E-state index in [0.717, 1.165) is 0 Å². The molecule has 0 spiro atoms. The Morgan fingerprint density at radius 2 is 1.60 bits per heavy atom. The van der Waals surface area contributed by atoms with Gasteiger partial charge in [0, 0.05) is 18.7 Å². The van der Waals surface area contributed by atoms with Gasteiger partial charge in [-0.2, -0.15) is 0 Å². The molecular weight excluding hydrogens is 293 g/mol. The molecule has 20 heavy (non-hydrogen) atoms. The first-order valence-corrected chi connectivity index (χ1v) is 7.82. The van der Waals surface area contributed by atoms with Crippen molar-refractivity contribution < 1.29 is 39.2 Å². The van der Waals surface area contributed by atoms with Crippen LogP contribution in [0.1, 0.15) is 19.3 Å². The van der Waals surface area contributed by atoms with Crippen molar-refractivity contribution in [3.63, 3.8) is 0 Å². The number of carbonyl (C=O) groups is 3. The molecule has 3 atom stereocenters. The number of carboxylic acids is 3. The smallest absolute Gasteiger partial charge is 0.320 e. The SMILES string of the molecule is N[C@@H](CCP(=O)(O)C[C@H](CCC(=O)O)C(=O)O)C(=O)O. The highest BCUT2D eigenvalue weighted by Gasteiger charge is 2.30. The molecule has 0 aliphatic carbocycles. The van der Waals surface area contributed by atoms with Gasteiger partial charge in [0.25, 0.3) is 0 Å². The normalized spacial score (nSPS) is 16.9. The van der Waals surface area contributed by atoms with Gasteiger partial charge in [-0.15, -0.1) is 0 Å². The minimum Gasteiger partial charge on any atom is -0.481 e. The predicted octanol–water partition coefficient (Wildman–Crippen LogP) is -0.376. The quantitative estimate of drug-likeness (QED) is 0.337. The average Bonchev–Trinajstić information content (AvgIpc) is 2.30. The Kier molecular flexibility index (Phi) is 7.41. The summed E-state index contributed by atoms with van der Waals surface area (Å²) in [6.45, 7) is 0. The first-order chi connectivity index (χ1) is 9.05. The van der Waals surface area contributed by atoms with Crippen LogP contribution < -0.4 is 5.73 Å². The lowest BCUT2D eigenvalue weighted by atomic mass is 10.1. The molecule has 0 amide bonds. The van der Waals surface area contributed by atoms with Gasteiger partial charge in [-0.3, -0.25) is 18.9 Å². The van der Waals surface area contributed by atoms with Crippen LogP contribution in [0.5, 0.6) is 0 Å². The van der Waals surface area contributed by atoms with E-state index >= 15 is 0 Å². The number of hydrogen-bond acceptors (Lipinski definition) is 5. The molecule has 0 aromatic rings. The van der Waals surface area contributed by atoms with Gasteiger partial charge in [-0.1, -0.05) is 0 Å². The van der Waals surface area contributed by atoms with E-state index in [9.17, 15) is 23.8 Å². The second-order valence-corrected chi connectivity index (χ2v) is 6.96. The van der Waals surface area contributed by atoms with E-state index in [1.807, 2.05) is 0 Å². The maximum absolute atomic E-state index is 11.8. The summed E-state index contributed by atoms with van der Waals surface area (Å²) in [6.07, 6.45) is -1.96. The fraction of sp³-hybridized carbons (Fsp3) is 0.700. The third kappa shape index (κ3) is 7.88. The molecule has 6 N–H and O–H groups in total. The first kappa shape index (κ1) is 18.6. The molecule has 0 saturated heterocycles. The summed E-state index contributed by atoms with van der Waals surface area (Å²) >= 11 is 0. The van der Waals surface area contributed by atoms with Crippen molar-refractivity contribution in [2.45, 2.75) is 25.3 Å².